The van der Waals surface area contributed by atoms with Crippen LogP contribution in [0, 0.1) is 5.92 Å². The van der Waals surface area contributed by atoms with Crippen LogP contribution in [0.25, 0.3) is 0 Å². The Morgan fingerprint density at radius 1 is 1.17 bits per heavy atom. The molecule has 0 aliphatic carbocycles. The first-order valence-corrected chi connectivity index (χ1v) is 4.84. The number of nitrogens with one attached hydrogen (secondary N) is 1. The molecule has 0 unspecified atom stereocenters. The number of piperidine rings is 1. The fourth-order valence-corrected chi connectivity index (χ4v) is 2.70. The van der Waals surface area contributed by atoms with Gasteiger partial charge in [0.1, 0.15) is 0 Å². The van der Waals surface area contributed by atoms with Crippen molar-refractivity contribution in [1.82, 2.24) is 5.32 Å². The van der Waals surface area contributed by atoms with Gasteiger partial charge in [0.2, 0.25) is 0 Å². The summed E-state index contributed by atoms with van der Waals surface area (Å²) < 4.78 is 0. The highest BCUT2D eigenvalue weighted by molar-refractivity contribution is 4.96. The van der Waals surface area contributed by atoms with Crippen molar-refractivity contribution in [3.63, 3.8) is 0 Å². The van der Waals surface area contributed by atoms with Crippen LogP contribution in [0.3, 0.4) is 0 Å². The Hall–Kier alpha value is -0.0800. The molecule has 1 heterocycles. The third kappa shape index (κ3) is 2.46. The maximum absolute atomic E-state index is 5.72. The standard InChI is InChI=1S/C10H22N2/c1-9(2)5-8(7-11)6-10(3,4)12-9/h8,12H,5-7,11H2,1-4H3. The lowest BCUT2D eigenvalue weighted by Gasteiger charge is -2.46. The van der Waals surface area contributed by atoms with Gasteiger partial charge in [0.25, 0.3) is 0 Å². The van der Waals surface area contributed by atoms with Gasteiger partial charge in [-0.1, -0.05) is 0 Å². The maximum Gasteiger partial charge on any atom is 0.0133 e. The molecule has 1 aliphatic heterocycles. The summed E-state index contributed by atoms with van der Waals surface area (Å²) in [7, 11) is 0. The molecule has 72 valence electrons. The van der Waals surface area contributed by atoms with E-state index in [1.165, 1.54) is 12.8 Å². The van der Waals surface area contributed by atoms with Crippen molar-refractivity contribution < 1.29 is 0 Å². The van der Waals surface area contributed by atoms with Crippen LogP contribution in [-0.4, -0.2) is 17.6 Å². The Bertz CT molecular complexity index is 145. The van der Waals surface area contributed by atoms with Crippen molar-refractivity contribution in [2.45, 2.75) is 51.6 Å². The molecule has 0 spiro atoms. The zero-order valence-corrected chi connectivity index (χ0v) is 8.78. The average Bonchev–Trinajstić information content (AvgIpc) is 1.80. The molecule has 12 heavy (non-hydrogen) atoms. The second kappa shape index (κ2) is 3.00. The van der Waals surface area contributed by atoms with E-state index in [9.17, 15) is 0 Å². The summed E-state index contributed by atoms with van der Waals surface area (Å²) in [6, 6.07) is 0. The minimum absolute atomic E-state index is 0.256. The summed E-state index contributed by atoms with van der Waals surface area (Å²) in [5.74, 6) is 0.691. The summed E-state index contributed by atoms with van der Waals surface area (Å²) in [6.07, 6.45) is 2.40. The van der Waals surface area contributed by atoms with Gasteiger partial charge in [0.05, 0.1) is 0 Å². The van der Waals surface area contributed by atoms with Gasteiger partial charge in [-0.15, -0.1) is 0 Å². The first kappa shape index (κ1) is 10.0. The van der Waals surface area contributed by atoms with E-state index in [1.807, 2.05) is 0 Å². The van der Waals surface area contributed by atoms with Crippen molar-refractivity contribution in [3.8, 4) is 0 Å². The predicted octanol–water partition coefficient (Wildman–Crippen LogP) is 1.50. The van der Waals surface area contributed by atoms with Crippen LogP contribution in [-0.2, 0) is 0 Å². The Morgan fingerprint density at radius 2 is 1.58 bits per heavy atom. The minimum Gasteiger partial charge on any atom is -0.330 e. The van der Waals surface area contributed by atoms with E-state index >= 15 is 0 Å². The van der Waals surface area contributed by atoms with Crippen LogP contribution in [0.2, 0.25) is 0 Å². The highest BCUT2D eigenvalue weighted by Gasteiger charge is 2.36. The quantitative estimate of drug-likeness (QED) is 0.626. The summed E-state index contributed by atoms with van der Waals surface area (Å²) in [5.41, 5.74) is 6.23. The summed E-state index contributed by atoms with van der Waals surface area (Å²) in [6.45, 7) is 9.87. The van der Waals surface area contributed by atoms with Crippen LogP contribution in [0.4, 0.5) is 0 Å². The average molecular weight is 170 g/mol. The van der Waals surface area contributed by atoms with Gasteiger partial charge in [0.15, 0.2) is 0 Å². The second-order valence-electron chi connectivity index (χ2n) is 5.40. The van der Waals surface area contributed by atoms with Crippen LogP contribution >= 0.6 is 0 Å². The van der Waals surface area contributed by atoms with Gasteiger partial charge in [0, 0.05) is 11.1 Å². The molecule has 1 saturated heterocycles. The third-order valence-electron chi connectivity index (χ3n) is 2.61. The SMILES string of the molecule is CC1(C)CC(CN)CC(C)(C)N1. The molecule has 0 aromatic heterocycles. The molecule has 0 amide bonds. The fourth-order valence-electron chi connectivity index (χ4n) is 2.70. The Labute approximate surface area is 75.9 Å². The monoisotopic (exact) mass is 170 g/mol. The summed E-state index contributed by atoms with van der Waals surface area (Å²) in [5, 5.41) is 3.64. The maximum atomic E-state index is 5.72. The largest absolute Gasteiger partial charge is 0.330 e. The van der Waals surface area contributed by atoms with Gasteiger partial charge >= 0.3 is 0 Å². The highest BCUT2D eigenvalue weighted by Crippen LogP contribution is 2.31. The lowest BCUT2D eigenvalue weighted by Crippen LogP contribution is -2.58. The van der Waals surface area contributed by atoms with Gasteiger partial charge in [-0.25, -0.2) is 0 Å². The van der Waals surface area contributed by atoms with Crippen molar-refractivity contribution in [2.24, 2.45) is 11.7 Å². The lowest BCUT2D eigenvalue weighted by molar-refractivity contribution is 0.132. The van der Waals surface area contributed by atoms with E-state index in [-0.39, 0.29) is 11.1 Å². The van der Waals surface area contributed by atoms with Gasteiger partial charge < -0.3 is 11.1 Å². The predicted molar refractivity (Wildman–Crippen MR) is 53.1 cm³/mol. The number of hydrogen-bond donors (Lipinski definition) is 2. The molecule has 0 bridgehead atoms. The Kier molecular flexibility index (Phi) is 2.50. The van der Waals surface area contributed by atoms with Gasteiger partial charge in [-0.05, 0) is 53.0 Å². The molecule has 0 saturated carbocycles. The van der Waals surface area contributed by atoms with Gasteiger partial charge in [-0.3, -0.25) is 0 Å². The Morgan fingerprint density at radius 3 is 1.92 bits per heavy atom. The summed E-state index contributed by atoms with van der Waals surface area (Å²) in [4.78, 5) is 0. The van der Waals surface area contributed by atoms with Crippen molar-refractivity contribution in [3.05, 3.63) is 0 Å². The normalized spacial score (nSPS) is 28.8. The molecule has 1 fully saturated rings. The molecular formula is C10H22N2. The van der Waals surface area contributed by atoms with Crippen molar-refractivity contribution >= 4 is 0 Å². The molecule has 1 aliphatic rings. The molecule has 0 radical (unpaired) electrons. The van der Waals surface area contributed by atoms with Crippen LogP contribution in [0.15, 0.2) is 0 Å². The number of hydrogen-bond acceptors (Lipinski definition) is 2. The van der Waals surface area contributed by atoms with Crippen molar-refractivity contribution in [2.75, 3.05) is 6.54 Å². The number of rotatable bonds is 1. The molecule has 0 atom stereocenters. The molecule has 2 nitrogen and oxygen atoms in total. The lowest BCUT2D eigenvalue weighted by atomic mass is 9.76. The third-order valence-corrected chi connectivity index (χ3v) is 2.61. The van der Waals surface area contributed by atoms with Crippen LogP contribution in [0.5, 0.6) is 0 Å². The van der Waals surface area contributed by atoms with E-state index in [0.29, 0.717) is 5.92 Å². The van der Waals surface area contributed by atoms with E-state index in [1.54, 1.807) is 0 Å². The topological polar surface area (TPSA) is 38.0 Å². The zero-order chi connectivity index (χ0) is 9.41. The molecular weight excluding hydrogens is 148 g/mol. The molecule has 0 aromatic carbocycles. The van der Waals surface area contributed by atoms with Crippen LogP contribution in [0.1, 0.15) is 40.5 Å². The molecule has 0 aromatic rings. The molecule has 1 rings (SSSR count). The van der Waals surface area contributed by atoms with Crippen LogP contribution < -0.4 is 11.1 Å². The fraction of sp³-hybridized carbons (Fsp3) is 1.00. The Balaban J connectivity index is 2.66. The van der Waals surface area contributed by atoms with E-state index in [0.717, 1.165) is 6.54 Å². The van der Waals surface area contributed by atoms with Crippen molar-refractivity contribution in [1.29, 1.82) is 0 Å². The summed E-state index contributed by atoms with van der Waals surface area (Å²) >= 11 is 0. The second-order valence-corrected chi connectivity index (χ2v) is 5.40. The van der Waals surface area contributed by atoms with Gasteiger partial charge in [-0.2, -0.15) is 0 Å². The number of nitrogens with two attached hydrogens (primary N) is 1. The highest BCUT2D eigenvalue weighted by atomic mass is 15.0. The molecule has 2 heteroatoms. The molecule has 3 N–H and O–H groups in total. The van der Waals surface area contributed by atoms with E-state index < -0.39 is 0 Å². The first-order valence-electron chi connectivity index (χ1n) is 4.84. The first-order chi connectivity index (χ1) is 5.35. The van der Waals surface area contributed by atoms with E-state index in [2.05, 4.69) is 33.0 Å². The smallest absolute Gasteiger partial charge is 0.0133 e. The minimum atomic E-state index is 0.256. The zero-order valence-electron chi connectivity index (χ0n) is 8.78. The van der Waals surface area contributed by atoms with E-state index in [4.69, 9.17) is 5.73 Å².